The van der Waals surface area contributed by atoms with Crippen LogP contribution in [0.4, 0.5) is 0 Å². The molecule has 1 aromatic rings. The summed E-state index contributed by atoms with van der Waals surface area (Å²) in [5.41, 5.74) is 1.01. The van der Waals surface area contributed by atoms with Gasteiger partial charge in [0.1, 0.15) is 6.29 Å². The van der Waals surface area contributed by atoms with Gasteiger partial charge in [0.2, 0.25) is 0 Å². The summed E-state index contributed by atoms with van der Waals surface area (Å²) >= 11 is 0. The second-order valence-electron chi connectivity index (χ2n) is 3.96. The molecular weight excluding hydrogens is 188 g/mol. The second kappa shape index (κ2) is 5.03. The van der Waals surface area contributed by atoms with Crippen molar-refractivity contribution in [3.8, 4) is 0 Å². The van der Waals surface area contributed by atoms with Crippen molar-refractivity contribution in [1.82, 2.24) is 9.88 Å². The smallest absolute Gasteiger partial charge is 0.141 e. The van der Waals surface area contributed by atoms with E-state index in [1.54, 1.807) is 12.4 Å². The van der Waals surface area contributed by atoms with E-state index in [0.29, 0.717) is 0 Å². The highest BCUT2D eigenvalue weighted by atomic mass is 16.1. The maximum absolute atomic E-state index is 11.1. The Morgan fingerprint density at radius 1 is 1.33 bits per heavy atom. The van der Waals surface area contributed by atoms with Crippen LogP contribution in [0, 0.1) is 0 Å². The van der Waals surface area contributed by atoms with Gasteiger partial charge in [-0.15, -0.1) is 0 Å². The molecule has 0 spiro atoms. The van der Waals surface area contributed by atoms with Gasteiger partial charge in [-0.2, -0.15) is 0 Å². The van der Waals surface area contributed by atoms with Gasteiger partial charge >= 0.3 is 0 Å². The van der Waals surface area contributed by atoms with Gasteiger partial charge in [0.15, 0.2) is 0 Å². The normalized spacial score (nSPS) is 19.7. The third kappa shape index (κ3) is 2.42. The van der Waals surface area contributed by atoms with Gasteiger partial charge in [0.05, 0.1) is 6.04 Å². The van der Waals surface area contributed by atoms with Crippen LogP contribution < -0.4 is 0 Å². The predicted octanol–water partition coefficient (Wildman–Crippen LogP) is 1.81. The van der Waals surface area contributed by atoms with Gasteiger partial charge in [0.25, 0.3) is 0 Å². The molecule has 0 amide bonds. The lowest BCUT2D eigenvalue weighted by molar-refractivity contribution is -0.113. The summed E-state index contributed by atoms with van der Waals surface area (Å²) in [6.07, 6.45) is 8.24. The van der Waals surface area contributed by atoms with E-state index in [1.807, 2.05) is 12.1 Å². The number of rotatable bonds is 3. The van der Waals surface area contributed by atoms with Crippen LogP contribution in [-0.2, 0) is 4.79 Å². The van der Waals surface area contributed by atoms with E-state index in [2.05, 4.69) is 9.88 Å². The first-order chi connectivity index (χ1) is 7.42. The molecule has 80 valence electrons. The van der Waals surface area contributed by atoms with Crippen LogP contribution >= 0.6 is 0 Å². The molecule has 2 rings (SSSR count). The number of hydrogen-bond acceptors (Lipinski definition) is 3. The second-order valence-corrected chi connectivity index (χ2v) is 3.96. The zero-order valence-corrected chi connectivity index (χ0v) is 8.80. The highest BCUT2D eigenvalue weighted by molar-refractivity contribution is 5.61. The Hall–Kier alpha value is -1.22. The molecular formula is C12H16N2O. The summed E-state index contributed by atoms with van der Waals surface area (Å²) in [6.45, 7) is 2.05. The zero-order valence-electron chi connectivity index (χ0n) is 8.80. The highest BCUT2D eigenvalue weighted by Gasteiger charge is 2.21. The summed E-state index contributed by atoms with van der Waals surface area (Å²) in [4.78, 5) is 17.4. The number of nitrogens with zero attached hydrogens (tertiary/aromatic N) is 2. The van der Waals surface area contributed by atoms with Crippen molar-refractivity contribution in [2.24, 2.45) is 0 Å². The summed E-state index contributed by atoms with van der Waals surface area (Å²) < 4.78 is 0. The zero-order chi connectivity index (χ0) is 10.5. The Kier molecular flexibility index (Phi) is 3.45. The summed E-state index contributed by atoms with van der Waals surface area (Å²) in [5.74, 6) is 0. The van der Waals surface area contributed by atoms with E-state index in [4.69, 9.17) is 0 Å². The van der Waals surface area contributed by atoms with Gasteiger partial charge < -0.3 is 4.79 Å². The number of piperidine rings is 1. The highest BCUT2D eigenvalue weighted by Crippen LogP contribution is 2.21. The maximum atomic E-state index is 11.1. The van der Waals surface area contributed by atoms with E-state index in [0.717, 1.165) is 24.9 Å². The molecule has 3 heteroatoms. The van der Waals surface area contributed by atoms with Gasteiger partial charge in [-0.05, 0) is 37.6 Å². The molecule has 1 aliphatic heterocycles. The molecule has 0 bridgehead atoms. The van der Waals surface area contributed by atoms with Crippen LogP contribution in [0.15, 0.2) is 24.5 Å². The quantitative estimate of drug-likeness (QED) is 0.704. The van der Waals surface area contributed by atoms with Crippen LogP contribution in [-0.4, -0.2) is 29.3 Å². The van der Waals surface area contributed by atoms with Crippen molar-refractivity contribution in [3.05, 3.63) is 30.1 Å². The minimum atomic E-state index is -0.0981. The average Bonchev–Trinajstić information content (AvgIpc) is 2.33. The third-order valence-corrected chi connectivity index (χ3v) is 2.94. The number of likely N-dealkylation sites (tertiary alicyclic amines) is 1. The van der Waals surface area contributed by atoms with Crippen molar-refractivity contribution < 1.29 is 4.79 Å². The van der Waals surface area contributed by atoms with Crippen molar-refractivity contribution in [2.45, 2.75) is 25.3 Å². The Morgan fingerprint density at radius 2 is 2.13 bits per heavy atom. The van der Waals surface area contributed by atoms with Crippen LogP contribution in [0.25, 0.3) is 0 Å². The fourth-order valence-corrected chi connectivity index (χ4v) is 2.12. The number of hydrogen-bond donors (Lipinski definition) is 0. The fraction of sp³-hybridized carbons (Fsp3) is 0.500. The topological polar surface area (TPSA) is 33.2 Å². The number of carbonyl (C=O) groups excluding carboxylic acids is 1. The van der Waals surface area contributed by atoms with Crippen LogP contribution in [0.5, 0.6) is 0 Å². The molecule has 1 unspecified atom stereocenters. The van der Waals surface area contributed by atoms with E-state index < -0.39 is 0 Å². The maximum Gasteiger partial charge on any atom is 0.141 e. The SMILES string of the molecule is O=CC(c1cccnc1)N1CCCCC1. The van der Waals surface area contributed by atoms with Crippen molar-refractivity contribution in [1.29, 1.82) is 0 Å². The largest absolute Gasteiger partial charge is 0.301 e. The molecule has 1 saturated heterocycles. The van der Waals surface area contributed by atoms with E-state index in [-0.39, 0.29) is 6.04 Å². The van der Waals surface area contributed by atoms with E-state index >= 15 is 0 Å². The lowest BCUT2D eigenvalue weighted by Crippen LogP contribution is -2.34. The molecule has 0 N–H and O–H groups in total. The Morgan fingerprint density at radius 3 is 2.73 bits per heavy atom. The number of carbonyl (C=O) groups is 1. The first-order valence-electron chi connectivity index (χ1n) is 5.51. The lowest BCUT2D eigenvalue weighted by atomic mass is 10.0. The van der Waals surface area contributed by atoms with Crippen molar-refractivity contribution in [3.63, 3.8) is 0 Å². The number of pyridine rings is 1. The van der Waals surface area contributed by atoms with Crippen molar-refractivity contribution in [2.75, 3.05) is 13.1 Å². The standard InChI is InChI=1S/C12H16N2O/c15-10-12(11-5-4-6-13-9-11)14-7-2-1-3-8-14/h4-6,9-10,12H,1-3,7-8H2. The monoisotopic (exact) mass is 204 g/mol. The summed E-state index contributed by atoms with van der Waals surface area (Å²) in [7, 11) is 0. The minimum Gasteiger partial charge on any atom is -0.301 e. The fourth-order valence-electron chi connectivity index (χ4n) is 2.12. The van der Waals surface area contributed by atoms with Gasteiger partial charge in [-0.3, -0.25) is 9.88 Å². The number of aldehydes is 1. The van der Waals surface area contributed by atoms with Crippen molar-refractivity contribution >= 4 is 6.29 Å². The molecule has 1 aromatic heterocycles. The molecule has 0 saturated carbocycles. The first-order valence-corrected chi connectivity index (χ1v) is 5.51. The summed E-state index contributed by atoms with van der Waals surface area (Å²) in [6, 6.07) is 3.76. The van der Waals surface area contributed by atoms with E-state index in [1.165, 1.54) is 19.3 Å². The minimum absolute atomic E-state index is 0.0981. The molecule has 3 nitrogen and oxygen atoms in total. The molecule has 0 radical (unpaired) electrons. The first kappa shape index (κ1) is 10.3. The molecule has 1 fully saturated rings. The predicted molar refractivity (Wildman–Crippen MR) is 58.5 cm³/mol. The van der Waals surface area contributed by atoms with Crippen LogP contribution in [0.2, 0.25) is 0 Å². The molecule has 2 heterocycles. The molecule has 0 aliphatic carbocycles. The third-order valence-electron chi connectivity index (χ3n) is 2.94. The molecule has 1 aliphatic rings. The van der Waals surface area contributed by atoms with Gasteiger partial charge in [-0.1, -0.05) is 12.5 Å². The van der Waals surface area contributed by atoms with E-state index in [9.17, 15) is 4.79 Å². The number of aromatic nitrogens is 1. The van der Waals surface area contributed by atoms with Crippen LogP contribution in [0.1, 0.15) is 30.9 Å². The van der Waals surface area contributed by atoms with Gasteiger partial charge in [-0.25, -0.2) is 0 Å². The molecule has 1 atom stereocenters. The Labute approximate surface area is 90.1 Å². The average molecular weight is 204 g/mol. The molecule has 0 aromatic carbocycles. The van der Waals surface area contributed by atoms with Crippen LogP contribution in [0.3, 0.4) is 0 Å². The summed E-state index contributed by atoms with van der Waals surface area (Å²) in [5, 5.41) is 0. The Bertz CT molecular complexity index is 307. The molecule has 15 heavy (non-hydrogen) atoms. The Balaban J connectivity index is 2.12. The van der Waals surface area contributed by atoms with Gasteiger partial charge in [0, 0.05) is 12.4 Å². The lowest BCUT2D eigenvalue weighted by Gasteiger charge is -2.31.